The predicted octanol–water partition coefficient (Wildman–Crippen LogP) is 3.86. The van der Waals surface area contributed by atoms with Gasteiger partial charge in [-0.15, -0.1) is 21.5 Å². The maximum Gasteiger partial charge on any atom is 0.257 e. The molecule has 0 saturated carbocycles. The van der Waals surface area contributed by atoms with Crippen molar-refractivity contribution in [2.45, 2.75) is 13.5 Å². The van der Waals surface area contributed by atoms with Crippen LogP contribution in [0, 0.1) is 12.7 Å². The number of rotatable bonds is 4. The van der Waals surface area contributed by atoms with Crippen LogP contribution in [0.5, 0.6) is 0 Å². The van der Waals surface area contributed by atoms with E-state index in [2.05, 4.69) is 15.5 Å². The van der Waals surface area contributed by atoms with Crippen LogP contribution in [-0.2, 0) is 6.54 Å². The van der Waals surface area contributed by atoms with Crippen molar-refractivity contribution in [3.05, 3.63) is 53.0 Å². The zero-order chi connectivity index (χ0) is 13.9. The average Bonchev–Trinajstić information content (AvgIpc) is 3.09. The molecule has 6 heteroatoms. The number of halogens is 1. The zero-order valence-electron chi connectivity index (χ0n) is 10.8. The largest absolute Gasteiger partial charge is 0.418 e. The van der Waals surface area contributed by atoms with E-state index >= 15 is 0 Å². The zero-order valence-corrected chi connectivity index (χ0v) is 11.6. The molecule has 1 N–H and O–H groups in total. The Labute approximate surface area is 119 Å². The van der Waals surface area contributed by atoms with Gasteiger partial charge in [0.05, 0.1) is 11.4 Å². The van der Waals surface area contributed by atoms with E-state index in [1.54, 1.807) is 17.4 Å². The Hall–Kier alpha value is -2.21. The highest BCUT2D eigenvalue weighted by molar-refractivity contribution is 7.13. The van der Waals surface area contributed by atoms with Gasteiger partial charge in [-0.05, 0) is 36.1 Å². The fraction of sp³-hybridized carbons (Fsp3) is 0.143. The van der Waals surface area contributed by atoms with E-state index < -0.39 is 0 Å². The molecule has 1 aromatic carbocycles. The molecular formula is C14H12FN3OS. The number of thiophene rings is 1. The monoisotopic (exact) mass is 289 g/mol. The number of nitrogens with one attached hydrogen (secondary N) is 1. The SMILES string of the molecule is Cc1ccc(F)cc1NCc1nnc(-c2cccs2)o1. The van der Waals surface area contributed by atoms with Crippen molar-refractivity contribution in [1.29, 1.82) is 0 Å². The van der Waals surface area contributed by atoms with Gasteiger partial charge in [-0.1, -0.05) is 12.1 Å². The van der Waals surface area contributed by atoms with Crippen LogP contribution >= 0.6 is 11.3 Å². The summed E-state index contributed by atoms with van der Waals surface area (Å²) in [6.07, 6.45) is 0. The van der Waals surface area contributed by atoms with E-state index in [1.807, 2.05) is 24.4 Å². The van der Waals surface area contributed by atoms with Crippen molar-refractivity contribution in [1.82, 2.24) is 10.2 Å². The van der Waals surface area contributed by atoms with Gasteiger partial charge >= 0.3 is 0 Å². The molecule has 0 radical (unpaired) electrons. The third kappa shape index (κ3) is 2.70. The molecule has 0 unspecified atom stereocenters. The number of hydrogen-bond donors (Lipinski definition) is 1. The lowest BCUT2D eigenvalue weighted by atomic mass is 10.2. The summed E-state index contributed by atoms with van der Waals surface area (Å²) in [7, 11) is 0. The maximum atomic E-state index is 13.2. The van der Waals surface area contributed by atoms with E-state index in [-0.39, 0.29) is 5.82 Å². The Bertz CT molecular complexity index is 709. The number of aryl methyl sites for hydroxylation is 1. The fourth-order valence-corrected chi connectivity index (χ4v) is 2.42. The molecule has 0 aliphatic heterocycles. The van der Waals surface area contributed by atoms with E-state index in [0.717, 1.165) is 16.1 Å². The smallest absolute Gasteiger partial charge is 0.257 e. The first kappa shape index (κ1) is 12.8. The van der Waals surface area contributed by atoms with Crippen molar-refractivity contribution < 1.29 is 8.81 Å². The summed E-state index contributed by atoms with van der Waals surface area (Å²) in [6.45, 7) is 2.27. The second-order valence-electron chi connectivity index (χ2n) is 4.29. The predicted molar refractivity (Wildman–Crippen MR) is 76.1 cm³/mol. The Morgan fingerprint density at radius 3 is 3.00 bits per heavy atom. The van der Waals surface area contributed by atoms with Crippen molar-refractivity contribution in [3.8, 4) is 10.8 Å². The van der Waals surface area contributed by atoms with Crippen LogP contribution in [0.25, 0.3) is 10.8 Å². The molecule has 0 amide bonds. The van der Waals surface area contributed by atoms with Gasteiger partial charge in [-0.3, -0.25) is 0 Å². The van der Waals surface area contributed by atoms with Crippen molar-refractivity contribution in [2.24, 2.45) is 0 Å². The fourth-order valence-electron chi connectivity index (χ4n) is 1.78. The van der Waals surface area contributed by atoms with Gasteiger partial charge < -0.3 is 9.73 Å². The highest BCUT2D eigenvalue weighted by Crippen LogP contribution is 2.23. The Morgan fingerprint density at radius 2 is 2.20 bits per heavy atom. The molecule has 0 atom stereocenters. The summed E-state index contributed by atoms with van der Waals surface area (Å²) >= 11 is 1.54. The molecule has 0 saturated heterocycles. The van der Waals surface area contributed by atoms with Gasteiger partial charge in [-0.25, -0.2) is 4.39 Å². The maximum absolute atomic E-state index is 13.2. The van der Waals surface area contributed by atoms with E-state index in [1.165, 1.54) is 12.1 Å². The molecule has 0 spiro atoms. The van der Waals surface area contributed by atoms with Crippen LogP contribution in [0.4, 0.5) is 10.1 Å². The summed E-state index contributed by atoms with van der Waals surface area (Å²) in [6, 6.07) is 8.46. The third-order valence-corrected chi connectivity index (χ3v) is 3.69. The van der Waals surface area contributed by atoms with Crippen molar-refractivity contribution in [3.63, 3.8) is 0 Å². The van der Waals surface area contributed by atoms with E-state index in [0.29, 0.717) is 18.3 Å². The first-order chi connectivity index (χ1) is 9.72. The first-order valence-corrected chi connectivity index (χ1v) is 6.96. The third-order valence-electron chi connectivity index (χ3n) is 2.83. The first-order valence-electron chi connectivity index (χ1n) is 6.08. The number of aromatic nitrogens is 2. The summed E-state index contributed by atoms with van der Waals surface area (Å²) in [4.78, 5) is 0.936. The van der Waals surface area contributed by atoms with E-state index in [4.69, 9.17) is 4.42 Å². The van der Waals surface area contributed by atoms with Crippen molar-refractivity contribution in [2.75, 3.05) is 5.32 Å². The normalized spacial score (nSPS) is 10.7. The van der Waals surface area contributed by atoms with Crippen molar-refractivity contribution >= 4 is 17.0 Å². The molecule has 3 rings (SSSR count). The molecule has 102 valence electrons. The number of nitrogens with zero attached hydrogens (tertiary/aromatic N) is 2. The van der Waals surface area contributed by atoms with Gasteiger partial charge in [0.1, 0.15) is 5.82 Å². The van der Waals surface area contributed by atoms with Crippen LogP contribution < -0.4 is 5.32 Å². The van der Waals surface area contributed by atoms with E-state index in [9.17, 15) is 4.39 Å². The topological polar surface area (TPSA) is 51.0 Å². The number of anilines is 1. The molecule has 0 aliphatic rings. The highest BCUT2D eigenvalue weighted by Gasteiger charge is 2.09. The minimum Gasteiger partial charge on any atom is -0.418 e. The Kier molecular flexibility index (Phi) is 3.47. The molecule has 3 aromatic rings. The lowest BCUT2D eigenvalue weighted by molar-refractivity contribution is 0.516. The minimum absolute atomic E-state index is 0.275. The summed E-state index contributed by atoms with van der Waals surface area (Å²) in [5.74, 6) is 0.702. The van der Waals surface area contributed by atoms with Gasteiger partial charge in [0.2, 0.25) is 5.89 Å². The quantitative estimate of drug-likeness (QED) is 0.792. The molecule has 0 fully saturated rings. The molecule has 0 bridgehead atoms. The molecular weight excluding hydrogens is 277 g/mol. The van der Waals surface area contributed by atoms with Crippen LogP contribution in [0.15, 0.2) is 40.1 Å². The molecule has 2 heterocycles. The second kappa shape index (κ2) is 5.42. The van der Waals surface area contributed by atoms with Gasteiger partial charge in [0.15, 0.2) is 0 Å². The summed E-state index contributed by atoms with van der Waals surface area (Å²) < 4.78 is 18.7. The Morgan fingerprint density at radius 1 is 1.30 bits per heavy atom. The van der Waals surface area contributed by atoms with Crippen LogP contribution in [0.3, 0.4) is 0 Å². The number of benzene rings is 1. The van der Waals surface area contributed by atoms with Crippen LogP contribution in [0.1, 0.15) is 11.5 Å². The standard InChI is InChI=1S/C14H12FN3OS/c1-9-4-5-10(15)7-11(9)16-8-13-17-18-14(19-13)12-3-2-6-20-12/h2-7,16H,8H2,1H3. The van der Waals surface area contributed by atoms with Gasteiger partial charge in [0, 0.05) is 5.69 Å². The molecule has 20 heavy (non-hydrogen) atoms. The van der Waals surface area contributed by atoms with Gasteiger partial charge in [0.25, 0.3) is 5.89 Å². The van der Waals surface area contributed by atoms with Crippen LogP contribution in [-0.4, -0.2) is 10.2 Å². The summed E-state index contributed by atoms with van der Waals surface area (Å²) in [5, 5.41) is 13.0. The van der Waals surface area contributed by atoms with Crippen LogP contribution in [0.2, 0.25) is 0 Å². The second-order valence-corrected chi connectivity index (χ2v) is 5.24. The molecule has 4 nitrogen and oxygen atoms in total. The highest BCUT2D eigenvalue weighted by atomic mass is 32.1. The summed E-state index contributed by atoms with van der Waals surface area (Å²) in [5.41, 5.74) is 1.69. The lowest BCUT2D eigenvalue weighted by Gasteiger charge is -2.07. The number of hydrogen-bond acceptors (Lipinski definition) is 5. The van der Waals surface area contributed by atoms with Gasteiger partial charge in [-0.2, -0.15) is 0 Å². The average molecular weight is 289 g/mol. The lowest BCUT2D eigenvalue weighted by Crippen LogP contribution is -2.01. The molecule has 2 aromatic heterocycles. The Balaban J connectivity index is 1.71. The molecule has 0 aliphatic carbocycles. The minimum atomic E-state index is -0.275.